The summed E-state index contributed by atoms with van der Waals surface area (Å²) in [6.45, 7) is 1.82. The standard InChI is InChI=1S/C20H21F2N5O2/c1-26(2)19-18-11(10-23-20(25-18)27-6-5-7-27)8-12(24-19)15-16(21)13(28-3)9-14(29-4)17(15)22/h8-10H,5-7H2,1-4H3. The Kier molecular flexibility index (Phi) is 4.81. The number of hydrogen-bond acceptors (Lipinski definition) is 7. The highest BCUT2D eigenvalue weighted by Crippen LogP contribution is 2.39. The fourth-order valence-electron chi connectivity index (χ4n) is 3.23. The molecular formula is C20H21F2N5O2. The molecule has 29 heavy (non-hydrogen) atoms. The Morgan fingerprint density at radius 2 is 1.66 bits per heavy atom. The molecule has 0 radical (unpaired) electrons. The summed E-state index contributed by atoms with van der Waals surface area (Å²) in [5.41, 5.74) is 0.401. The molecule has 152 valence electrons. The molecule has 9 heteroatoms. The van der Waals surface area contributed by atoms with Gasteiger partial charge in [0.2, 0.25) is 5.95 Å². The molecule has 1 aliphatic heterocycles. The van der Waals surface area contributed by atoms with E-state index in [0.29, 0.717) is 22.7 Å². The summed E-state index contributed by atoms with van der Waals surface area (Å²) in [6, 6.07) is 2.74. The highest BCUT2D eigenvalue weighted by Gasteiger charge is 2.25. The maximum absolute atomic E-state index is 15.0. The van der Waals surface area contributed by atoms with E-state index in [0.717, 1.165) is 19.5 Å². The predicted octanol–water partition coefficient (Wildman–Crippen LogP) is 3.26. The average molecular weight is 401 g/mol. The second-order valence-electron chi connectivity index (χ2n) is 6.96. The first-order valence-corrected chi connectivity index (χ1v) is 9.15. The molecule has 0 bridgehead atoms. The van der Waals surface area contributed by atoms with Gasteiger partial charge in [-0.3, -0.25) is 0 Å². The van der Waals surface area contributed by atoms with Crippen LogP contribution in [-0.4, -0.2) is 56.4 Å². The van der Waals surface area contributed by atoms with E-state index in [4.69, 9.17) is 9.47 Å². The Morgan fingerprint density at radius 3 is 2.17 bits per heavy atom. The zero-order valence-electron chi connectivity index (χ0n) is 16.7. The molecule has 0 aliphatic carbocycles. The van der Waals surface area contributed by atoms with Crippen molar-refractivity contribution < 1.29 is 18.3 Å². The number of halogens is 2. The van der Waals surface area contributed by atoms with Gasteiger partial charge in [0.1, 0.15) is 5.52 Å². The first-order chi connectivity index (χ1) is 13.9. The van der Waals surface area contributed by atoms with Crippen LogP contribution in [0.1, 0.15) is 6.42 Å². The molecule has 0 amide bonds. The lowest BCUT2D eigenvalue weighted by Gasteiger charge is -2.31. The molecule has 2 aromatic heterocycles. The molecule has 1 fully saturated rings. The van der Waals surface area contributed by atoms with Crippen LogP contribution in [0.5, 0.6) is 11.5 Å². The number of hydrogen-bond donors (Lipinski definition) is 0. The van der Waals surface area contributed by atoms with Crippen molar-refractivity contribution >= 4 is 22.7 Å². The number of ether oxygens (including phenoxy) is 2. The van der Waals surface area contributed by atoms with Gasteiger partial charge in [0.25, 0.3) is 0 Å². The van der Waals surface area contributed by atoms with Crippen LogP contribution in [0, 0.1) is 11.6 Å². The van der Waals surface area contributed by atoms with E-state index in [2.05, 4.69) is 19.9 Å². The van der Waals surface area contributed by atoms with Crippen molar-refractivity contribution in [3.05, 3.63) is 30.0 Å². The SMILES string of the molecule is COc1cc(OC)c(F)c(-c2cc3cnc(N4CCC4)nc3c(N(C)C)n2)c1F. The van der Waals surface area contributed by atoms with Gasteiger partial charge in [0.05, 0.1) is 25.5 Å². The minimum atomic E-state index is -0.847. The molecule has 4 rings (SSSR count). The number of aromatic nitrogens is 3. The van der Waals surface area contributed by atoms with E-state index in [1.54, 1.807) is 31.3 Å². The minimum Gasteiger partial charge on any atom is -0.494 e. The van der Waals surface area contributed by atoms with Crippen LogP contribution in [-0.2, 0) is 0 Å². The lowest BCUT2D eigenvalue weighted by atomic mass is 10.1. The van der Waals surface area contributed by atoms with E-state index in [-0.39, 0.29) is 22.8 Å². The lowest BCUT2D eigenvalue weighted by molar-refractivity contribution is 0.359. The van der Waals surface area contributed by atoms with Gasteiger partial charge < -0.3 is 19.3 Å². The smallest absolute Gasteiger partial charge is 0.226 e. The van der Waals surface area contributed by atoms with E-state index < -0.39 is 11.6 Å². The summed E-state index contributed by atoms with van der Waals surface area (Å²) in [5, 5.41) is 0.628. The van der Waals surface area contributed by atoms with Crippen LogP contribution in [0.2, 0.25) is 0 Å². The van der Waals surface area contributed by atoms with Gasteiger partial charge in [-0.1, -0.05) is 0 Å². The largest absolute Gasteiger partial charge is 0.494 e. The predicted molar refractivity (Wildman–Crippen MR) is 107 cm³/mol. The van der Waals surface area contributed by atoms with Crippen LogP contribution in [0.4, 0.5) is 20.5 Å². The maximum atomic E-state index is 15.0. The lowest BCUT2D eigenvalue weighted by Crippen LogP contribution is -2.38. The van der Waals surface area contributed by atoms with Crippen molar-refractivity contribution in [3.63, 3.8) is 0 Å². The number of fused-ring (bicyclic) bond motifs is 1. The highest BCUT2D eigenvalue weighted by molar-refractivity contribution is 5.92. The summed E-state index contributed by atoms with van der Waals surface area (Å²) in [4.78, 5) is 17.4. The Hall–Kier alpha value is -3.23. The monoisotopic (exact) mass is 401 g/mol. The van der Waals surface area contributed by atoms with Crippen molar-refractivity contribution in [3.8, 4) is 22.8 Å². The number of benzene rings is 1. The number of nitrogens with zero attached hydrogens (tertiary/aromatic N) is 5. The van der Waals surface area contributed by atoms with Crippen LogP contribution < -0.4 is 19.3 Å². The Balaban J connectivity index is 1.96. The molecule has 7 nitrogen and oxygen atoms in total. The maximum Gasteiger partial charge on any atom is 0.226 e. The third-order valence-corrected chi connectivity index (χ3v) is 4.93. The molecule has 1 aromatic carbocycles. The van der Waals surface area contributed by atoms with E-state index >= 15 is 0 Å². The van der Waals surface area contributed by atoms with Gasteiger partial charge in [-0.05, 0) is 12.5 Å². The number of anilines is 2. The average Bonchev–Trinajstić information content (AvgIpc) is 2.66. The van der Waals surface area contributed by atoms with Gasteiger partial charge in [0, 0.05) is 44.8 Å². The molecule has 1 aliphatic rings. The van der Waals surface area contributed by atoms with E-state index in [1.165, 1.54) is 20.3 Å². The molecule has 3 heterocycles. The van der Waals surface area contributed by atoms with Crippen molar-refractivity contribution in [2.24, 2.45) is 0 Å². The number of rotatable bonds is 5. The highest BCUT2D eigenvalue weighted by atomic mass is 19.1. The molecule has 0 atom stereocenters. The van der Waals surface area contributed by atoms with Crippen molar-refractivity contribution in [2.75, 3.05) is 51.2 Å². The Labute approximate surface area is 166 Å². The summed E-state index contributed by atoms with van der Waals surface area (Å²) in [5.74, 6) is -0.836. The van der Waals surface area contributed by atoms with Gasteiger partial charge in [-0.15, -0.1) is 0 Å². The second-order valence-corrected chi connectivity index (χ2v) is 6.96. The topological polar surface area (TPSA) is 63.6 Å². The second kappa shape index (κ2) is 7.31. The van der Waals surface area contributed by atoms with Crippen LogP contribution in [0.25, 0.3) is 22.2 Å². The molecule has 3 aromatic rings. The first-order valence-electron chi connectivity index (χ1n) is 9.15. The summed E-state index contributed by atoms with van der Waals surface area (Å²) < 4.78 is 40.0. The van der Waals surface area contributed by atoms with Crippen molar-refractivity contribution in [2.45, 2.75) is 6.42 Å². The van der Waals surface area contributed by atoms with E-state index in [9.17, 15) is 8.78 Å². The zero-order valence-corrected chi connectivity index (χ0v) is 16.7. The molecular weight excluding hydrogens is 380 g/mol. The number of pyridine rings is 1. The third kappa shape index (κ3) is 3.16. The third-order valence-electron chi connectivity index (χ3n) is 4.93. The van der Waals surface area contributed by atoms with Crippen LogP contribution >= 0.6 is 0 Å². The molecule has 0 N–H and O–H groups in total. The van der Waals surface area contributed by atoms with E-state index in [1.807, 2.05) is 0 Å². The fourth-order valence-corrected chi connectivity index (χ4v) is 3.23. The summed E-state index contributed by atoms with van der Waals surface area (Å²) >= 11 is 0. The fraction of sp³-hybridized carbons (Fsp3) is 0.350. The van der Waals surface area contributed by atoms with Crippen LogP contribution in [0.15, 0.2) is 18.3 Å². The summed E-state index contributed by atoms with van der Waals surface area (Å²) in [7, 11) is 6.22. The normalized spacial score (nSPS) is 13.4. The van der Waals surface area contributed by atoms with Gasteiger partial charge in [0.15, 0.2) is 29.0 Å². The van der Waals surface area contributed by atoms with Crippen molar-refractivity contribution in [1.82, 2.24) is 15.0 Å². The molecule has 0 spiro atoms. The first kappa shape index (κ1) is 19.1. The van der Waals surface area contributed by atoms with Gasteiger partial charge in [-0.2, -0.15) is 0 Å². The number of methoxy groups -OCH3 is 2. The van der Waals surface area contributed by atoms with Crippen LogP contribution in [0.3, 0.4) is 0 Å². The molecule has 1 saturated heterocycles. The Morgan fingerprint density at radius 1 is 1.00 bits per heavy atom. The quantitative estimate of drug-likeness (QED) is 0.650. The minimum absolute atomic E-state index is 0.105. The molecule has 0 saturated carbocycles. The Bertz CT molecular complexity index is 1060. The van der Waals surface area contributed by atoms with Gasteiger partial charge >= 0.3 is 0 Å². The molecule has 0 unspecified atom stereocenters. The van der Waals surface area contributed by atoms with Crippen molar-refractivity contribution in [1.29, 1.82) is 0 Å². The summed E-state index contributed by atoms with van der Waals surface area (Å²) in [6.07, 6.45) is 2.76. The van der Waals surface area contributed by atoms with Gasteiger partial charge in [-0.25, -0.2) is 23.7 Å². The zero-order chi connectivity index (χ0) is 20.7.